The maximum absolute atomic E-state index is 11.9. The van der Waals surface area contributed by atoms with Crippen LogP contribution in [0.4, 0.5) is 0 Å². The molecule has 0 aliphatic carbocycles. The van der Waals surface area contributed by atoms with Crippen LogP contribution in [0, 0.1) is 0 Å². The molecule has 0 atom stereocenters. The third-order valence-electron chi connectivity index (χ3n) is 3.24. The van der Waals surface area contributed by atoms with Gasteiger partial charge in [-0.3, -0.25) is 0 Å². The third-order valence-corrected chi connectivity index (χ3v) is 3.24. The second kappa shape index (κ2) is 8.72. The zero-order valence-electron chi connectivity index (χ0n) is 13.8. The Bertz CT molecular complexity index is 708. The largest absolute Gasteiger partial charge is 0.482 e. The van der Waals surface area contributed by atoms with Gasteiger partial charge in [-0.05, 0) is 49.2 Å². The van der Waals surface area contributed by atoms with Gasteiger partial charge in [0.25, 0.3) is 0 Å². The summed E-state index contributed by atoms with van der Waals surface area (Å²) in [5.74, 6) is -0.107. The fourth-order valence-corrected chi connectivity index (χ4v) is 2.06. The van der Waals surface area contributed by atoms with Gasteiger partial charge in [-0.25, -0.2) is 9.59 Å². The van der Waals surface area contributed by atoms with Crippen molar-refractivity contribution in [3.8, 4) is 11.5 Å². The Labute approximate surface area is 141 Å². The van der Waals surface area contributed by atoms with Crippen molar-refractivity contribution in [2.75, 3.05) is 13.2 Å². The first-order valence-corrected chi connectivity index (χ1v) is 7.82. The van der Waals surface area contributed by atoms with Crippen LogP contribution in [0.3, 0.4) is 0 Å². The van der Waals surface area contributed by atoms with Crippen LogP contribution < -0.4 is 9.47 Å². The number of carbonyl (C=O) groups excluding carboxylic acids is 2. The monoisotopic (exact) mass is 328 g/mol. The van der Waals surface area contributed by atoms with Gasteiger partial charge >= 0.3 is 11.9 Å². The molecule has 0 saturated carbocycles. The number of rotatable bonds is 7. The minimum atomic E-state index is -0.544. The molecule has 0 heterocycles. The molecule has 0 radical (unpaired) electrons. The molecule has 0 saturated heterocycles. The fourth-order valence-electron chi connectivity index (χ4n) is 2.06. The van der Waals surface area contributed by atoms with E-state index < -0.39 is 11.9 Å². The number of hydrogen-bond donors (Lipinski definition) is 0. The molecule has 24 heavy (non-hydrogen) atoms. The van der Waals surface area contributed by atoms with E-state index in [4.69, 9.17) is 14.2 Å². The highest BCUT2D eigenvalue weighted by Gasteiger charge is 2.10. The van der Waals surface area contributed by atoms with Gasteiger partial charge in [-0.15, -0.1) is 0 Å². The van der Waals surface area contributed by atoms with Gasteiger partial charge < -0.3 is 14.2 Å². The van der Waals surface area contributed by atoms with Crippen LogP contribution >= 0.6 is 0 Å². The standard InChI is InChI=1S/C19H20O5/c1-3-14-7-5-9-16(11-14)23-13-18(20)24-17-10-6-8-15(12-17)19(21)22-4-2/h5-12H,3-4,13H2,1-2H3. The van der Waals surface area contributed by atoms with Gasteiger partial charge in [0.15, 0.2) is 6.61 Å². The van der Waals surface area contributed by atoms with Crippen LogP contribution in [0.5, 0.6) is 11.5 Å². The van der Waals surface area contributed by atoms with Crippen LogP contribution in [-0.2, 0) is 16.0 Å². The van der Waals surface area contributed by atoms with Crippen LogP contribution in [0.15, 0.2) is 48.5 Å². The summed E-state index contributed by atoms with van der Waals surface area (Å²) in [5, 5.41) is 0. The van der Waals surface area contributed by atoms with Crippen molar-refractivity contribution in [3.05, 3.63) is 59.7 Å². The first kappa shape index (κ1) is 17.5. The predicted molar refractivity (Wildman–Crippen MR) is 89.3 cm³/mol. The number of ether oxygens (including phenoxy) is 3. The minimum Gasteiger partial charge on any atom is -0.482 e. The Morgan fingerprint density at radius 2 is 1.71 bits per heavy atom. The Kier molecular flexibility index (Phi) is 6.37. The number of hydrogen-bond acceptors (Lipinski definition) is 5. The molecule has 2 aromatic carbocycles. The van der Waals surface area contributed by atoms with E-state index in [1.807, 2.05) is 25.1 Å². The van der Waals surface area contributed by atoms with E-state index in [0.717, 1.165) is 12.0 Å². The van der Waals surface area contributed by atoms with Crippen LogP contribution in [0.2, 0.25) is 0 Å². The molecule has 0 aromatic heterocycles. The van der Waals surface area contributed by atoms with Crippen molar-refractivity contribution >= 4 is 11.9 Å². The minimum absolute atomic E-state index is 0.212. The average Bonchev–Trinajstić information content (AvgIpc) is 2.60. The molecule has 0 aliphatic rings. The lowest BCUT2D eigenvalue weighted by Crippen LogP contribution is -2.18. The molecule has 0 fully saturated rings. The summed E-state index contributed by atoms with van der Waals surface area (Å²) in [6.45, 7) is 3.85. The lowest BCUT2D eigenvalue weighted by Gasteiger charge is -2.08. The zero-order chi connectivity index (χ0) is 17.4. The third kappa shape index (κ3) is 5.12. The zero-order valence-corrected chi connectivity index (χ0v) is 13.8. The molecule has 126 valence electrons. The van der Waals surface area contributed by atoms with E-state index in [-0.39, 0.29) is 19.0 Å². The summed E-state index contributed by atoms with van der Waals surface area (Å²) in [7, 11) is 0. The summed E-state index contributed by atoms with van der Waals surface area (Å²) >= 11 is 0. The highest BCUT2D eigenvalue weighted by atomic mass is 16.6. The lowest BCUT2D eigenvalue weighted by atomic mass is 10.2. The molecular formula is C19H20O5. The Hall–Kier alpha value is -2.82. The second-order valence-electron chi connectivity index (χ2n) is 5.01. The maximum atomic E-state index is 11.9. The normalized spacial score (nSPS) is 10.1. The van der Waals surface area contributed by atoms with E-state index in [2.05, 4.69) is 0 Å². The number of carbonyl (C=O) groups is 2. The molecule has 2 rings (SSSR count). The first-order chi connectivity index (χ1) is 11.6. The van der Waals surface area contributed by atoms with Gasteiger partial charge in [0.05, 0.1) is 12.2 Å². The van der Waals surface area contributed by atoms with Crippen molar-refractivity contribution in [2.24, 2.45) is 0 Å². The van der Waals surface area contributed by atoms with Gasteiger partial charge in [0.1, 0.15) is 11.5 Å². The Balaban J connectivity index is 1.92. The summed E-state index contributed by atoms with van der Waals surface area (Å²) < 4.78 is 15.5. The van der Waals surface area contributed by atoms with Crippen molar-refractivity contribution in [2.45, 2.75) is 20.3 Å². The van der Waals surface area contributed by atoms with Crippen LogP contribution in [0.1, 0.15) is 29.8 Å². The van der Waals surface area contributed by atoms with Gasteiger partial charge in [-0.2, -0.15) is 0 Å². The lowest BCUT2D eigenvalue weighted by molar-refractivity contribution is -0.136. The Morgan fingerprint density at radius 3 is 2.46 bits per heavy atom. The number of aryl methyl sites for hydroxylation is 1. The topological polar surface area (TPSA) is 61.8 Å². The first-order valence-electron chi connectivity index (χ1n) is 7.82. The summed E-state index contributed by atoms with van der Waals surface area (Å²) in [6, 6.07) is 13.8. The van der Waals surface area contributed by atoms with Gasteiger partial charge in [0.2, 0.25) is 0 Å². The van der Waals surface area contributed by atoms with Crippen molar-refractivity contribution < 1.29 is 23.8 Å². The molecule has 0 bridgehead atoms. The highest BCUT2D eigenvalue weighted by Crippen LogP contribution is 2.16. The smallest absolute Gasteiger partial charge is 0.349 e. The highest BCUT2D eigenvalue weighted by molar-refractivity contribution is 5.90. The van der Waals surface area contributed by atoms with E-state index in [1.165, 1.54) is 6.07 Å². The maximum Gasteiger partial charge on any atom is 0.349 e. The van der Waals surface area contributed by atoms with Crippen molar-refractivity contribution in [3.63, 3.8) is 0 Å². The Morgan fingerprint density at radius 1 is 0.958 bits per heavy atom. The molecule has 0 unspecified atom stereocenters. The second-order valence-corrected chi connectivity index (χ2v) is 5.01. The molecule has 5 nitrogen and oxygen atoms in total. The molecule has 0 N–H and O–H groups in total. The SMILES string of the molecule is CCOC(=O)c1cccc(OC(=O)COc2cccc(CC)c2)c1. The van der Waals surface area contributed by atoms with Crippen molar-refractivity contribution in [1.82, 2.24) is 0 Å². The fraction of sp³-hybridized carbons (Fsp3) is 0.263. The molecule has 2 aromatic rings. The summed E-state index contributed by atoms with van der Waals surface area (Å²) in [4.78, 5) is 23.6. The van der Waals surface area contributed by atoms with Crippen LogP contribution in [-0.4, -0.2) is 25.2 Å². The molecular weight excluding hydrogens is 308 g/mol. The van der Waals surface area contributed by atoms with Crippen molar-refractivity contribution in [1.29, 1.82) is 0 Å². The van der Waals surface area contributed by atoms with Crippen LogP contribution in [0.25, 0.3) is 0 Å². The molecule has 5 heteroatoms. The predicted octanol–water partition coefficient (Wildman–Crippen LogP) is 3.41. The summed E-state index contributed by atoms with van der Waals surface area (Å²) in [5.41, 5.74) is 1.46. The van der Waals surface area contributed by atoms with E-state index >= 15 is 0 Å². The average molecular weight is 328 g/mol. The molecule has 0 spiro atoms. The molecule has 0 amide bonds. The summed E-state index contributed by atoms with van der Waals surface area (Å²) in [6.07, 6.45) is 0.891. The molecule has 0 aliphatic heterocycles. The van der Waals surface area contributed by atoms with Gasteiger partial charge in [-0.1, -0.05) is 25.1 Å². The van der Waals surface area contributed by atoms with E-state index in [1.54, 1.807) is 31.2 Å². The number of esters is 2. The van der Waals surface area contributed by atoms with E-state index in [9.17, 15) is 9.59 Å². The van der Waals surface area contributed by atoms with Gasteiger partial charge in [0, 0.05) is 0 Å². The number of benzene rings is 2. The quantitative estimate of drug-likeness (QED) is 0.576. The van der Waals surface area contributed by atoms with E-state index in [0.29, 0.717) is 11.3 Å².